The van der Waals surface area contributed by atoms with E-state index in [1.54, 1.807) is 0 Å². The molecule has 0 fully saturated rings. The monoisotopic (exact) mass is 700 g/mol. The zero-order chi connectivity index (χ0) is 36.3. The quantitative estimate of drug-likeness (QED) is 0.163. The van der Waals surface area contributed by atoms with E-state index >= 15 is 0 Å². The van der Waals surface area contributed by atoms with Crippen molar-refractivity contribution in [3.05, 3.63) is 212 Å². The van der Waals surface area contributed by atoms with Crippen molar-refractivity contribution in [1.29, 1.82) is 0 Å². The molecule has 1 aromatic heterocycles. The number of nitrogens with zero attached hydrogens (tertiary/aromatic N) is 2. The summed E-state index contributed by atoms with van der Waals surface area (Å²) in [5, 5.41) is 7.56. The first-order valence-electron chi connectivity index (χ1n) is 19.1. The van der Waals surface area contributed by atoms with Gasteiger partial charge in [-0.3, -0.25) is 4.57 Å². The van der Waals surface area contributed by atoms with Crippen LogP contribution in [0.3, 0.4) is 0 Å². The van der Waals surface area contributed by atoms with Crippen molar-refractivity contribution in [3.8, 4) is 39.3 Å². The number of allylic oxidation sites excluding steroid dienone is 8. The number of fused-ring (bicyclic) bond motifs is 5. The van der Waals surface area contributed by atoms with Crippen LogP contribution in [-0.2, 0) is 0 Å². The Labute approximate surface area is 320 Å². The molecule has 1 heterocycles. The van der Waals surface area contributed by atoms with Gasteiger partial charge in [-0.25, -0.2) is 4.98 Å². The van der Waals surface area contributed by atoms with Crippen molar-refractivity contribution < 1.29 is 0 Å². The number of imidazole rings is 1. The molecule has 0 bridgehead atoms. The number of benzene rings is 8. The van der Waals surface area contributed by atoms with Crippen molar-refractivity contribution in [1.82, 2.24) is 9.55 Å². The predicted molar refractivity (Wildman–Crippen MR) is 232 cm³/mol. The normalized spacial score (nSPS) is 16.3. The summed E-state index contributed by atoms with van der Waals surface area (Å²) in [7, 11) is 0. The molecule has 2 atom stereocenters. The highest BCUT2D eigenvalue weighted by Gasteiger charge is 2.23. The third kappa shape index (κ3) is 5.29. The molecule has 2 heteroatoms. The van der Waals surface area contributed by atoms with Crippen molar-refractivity contribution in [2.45, 2.75) is 0 Å². The van der Waals surface area contributed by atoms with Crippen LogP contribution in [0.5, 0.6) is 0 Å². The molecule has 11 rings (SSSR count). The fourth-order valence-electron chi connectivity index (χ4n) is 8.84. The molecule has 55 heavy (non-hydrogen) atoms. The smallest absolute Gasteiger partial charge is 0.145 e. The summed E-state index contributed by atoms with van der Waals surface area (Å²) in [5.74, 6) is 1.69. The lowest BCUT2D eigenvalue weighted by atomic mass is 9.78. The van der Waals surface area contributed by atoms with Gasteiger partial charge in [-0.15, -0.1) is 0 Å². The summed E-state index contributed by atoms with van der Waals surface area (Å²) in [6.45, 7) is 0. The summed E-state index contributed by atoms with van der Waals surface area (Å²) in [6, 6.07) is 59.5. The first kappa shape index (κ1) is 31.5. The van der Waals surface area contributed by atoms with E-state index in [0.29, 0.717) is 11.8 Å². The Hall–Kier alpha value is -7.03. The highest BCUT2D eigenvalue weighted by molar-refractivity contribution is 6.20. The Balaban J connectivity index is 1.11. The van der Waals surface area contributed by atoms with Crippen LogP contribution in [0.25, 0.3) is 88.3 Å². The molecule has 2 unspecified atom stereocenters. The van der Waals surface area contributed by atoms with Gasteiger partial charge in [-0.1, -0.05) is 170 Å². The molecular weight excluding hydrogens is 665 g/mol. The maximum Gasteiger partial charge on any atom is 0.145 e. The van der Waals surface area contributed by atoms with Crippen LogP contribution in [0, 0.1) is 11.8 Å². The second-order valence-corrected chi connectivity index (χ2v) is 14.7. The van der Waals surface area contributed by atoms with Gasteiger partial charge in [0, 0.05) is 23.1 Å². The zero-order valence-electron chi connectivity index (χ0n) is 30.2. The van der Waals surface area contributed by atoms with E-state index in [2.05, 4.69) is 211 Å². The van der Waals surface area contributed by atoms with Crippen molar-refractivity contribution in [3.63, 3.8) is 0 Å². The second kappa shape index (κ2) is 12.8. The molecule has 258 valence electrons. The van der Waals surface area contributed by atoms with E-state index in [0.717, 1.165) is 28.1 Å². The summed E-state index contributed by atoms with van der Waals surface area (Å²) >= 11 is 0. The maximum absolute atomic E-state index is 5.12. The summed E-state index contributed by atoms with van der Waals surface area (Å²) in [6.07, 6.45) is 16.2. The van der Waals surface area contributed by atoms with E-state index in [-0.39, 0.29) is 0 Å². The molecule has 2 aliphatic rings. The molecule has 9 aromatic rings. The van der Waals surface area contributed by atoms with Crippen molar-refractivity contribution in [2.24, 2.45) is 11.8 Å². The molecule has 8 aromatic carbocycles. The van der Waals surface area contributed by atoms with Gasteiger partial charge in [-0.2, -0.15) is 0 Å². The molecule has 2 nitrogen and oxygen atoms in total. The first-order chi connectivity index (χ1) is 27.3. The fourth-order valence-corrected chi connectivity index (χ4v) is 8.84. The van der Waals surface area contributed by atoms with Crippen molar-refractivity contribution in [2.75, 3.05) is 0 Å². The van der Waals surface area contributed by atoms with Gasteiger partial charge < -0.3 is 0 Å². The van der Waals surface area contributed by atoms with Gasteiger partial charge >= 0.3 is 0 Å². The van der Waals surface area contributed by atoms with E-state index in [4.69, 9.17) is 4.98 Å². The van der Waals surface area contributed by atoms with E-state index < -0.39 is 0 Å². The van der Waals surface area contributed by atoms with Crippen LogP contribution in [0.1, 0.15) is 5.56 Å². The minimum Gasteiger partial charge on any atom is -0.292 e. The standard InChI is InChI=1S/C53H36N2/c1-2-16-44(17-3-1)55-50-21-11-10-20-49(50)54-53(55)38-26-22-37(23-27-38)41-30-31-47-48(34-41)52(43-29-25-36-13-5-7-15-40(36)33-43)46-19-9-8-18-45(46)51(47)42-28-24-35-12-4-6-14-39(35)32-42/h1-35,39H. The lowest BCUT2D eigenvalue weighted by Gasteiger charge is -2.25. The lowest BCUT2D eigenvalue weighted by molar-refractivity contribution is 0.663. The van der Waals surface area contributed by atoms with Gasteiger partial charge in [0.05, 0.1) is 11.0 Å². The largest absolute Gasteiger partial charge is 0.292 e. The minimum atomic E-state index is 0.354. The lowest BCUT2D eigenvalue weighted by Crippen LogP contribution is -2.11. The summed E-state index contributed by atoms with van der Waals surface area (Å²) < 4.78 is 2.26. The predicted octanol–water partition coefficient (Wildman–Crippen LogP) is 13.8. The minimum absolute atomic E-state index is 0.354. The highest BCUT2D eigenvalue weighted by Crippen LogP contribution is 2.45. The Bertz CT molecular complexity index is 3080. The van der Waals surface area contributed by atoms with Gasteiger partial charge in [0.2, 0.25) is 0 Å². The topological polar surface area (TPSA) is 17.8 Å². The number of hydrogen-bond donors (Lipinski definition) is 0. The first-order valence-corrected chi connectivity index (χ1v) is 19.1. The van der Waals surface area contributed by atoms with Gasteiger partial charge in [-0.05, 0) is 102 Å². The summed E-state index contributed by atoms with van der Waals surface area (Å²) in [5.41, 5.74) is 11.7. The van der Waals surface area contributed by atoms with E-state index in [1.807, 2.05) is 0 Å². The van der Waals surface area contributed by atoms with Gasteiger partial charge in [0.15, 0.2) is 0 Å². The number of para-hydroxylation sites is 3. The van der Waals surface area contributed by atoms with Crippen LogP contribution in [0.2, 0.25) is 0 Å². The van der Waals surface area contributed by atoms with Crippen molar-refractivity contribution >= 4 is 48.9 Å². The Kier molecular flexibility index (Phi) is 7.34. The average Bonchev–Trinajstić information content (AvgIpc) is 3.65. The second-order valence-electron chi connectivity index (χ2n) is 14.7. The molecular formula is C53H36N2. The number of hydrogen-bond acceptors (Lipinski definition) is 1. The van der Waals surface area contributed by atoms with Crippen LogP contribution >= 0.6 is 0 Å². The summed E-state index contributed by atoms with van der Waals surface area (Å²) in [4.78, 5) is 5.12. The molecule has 0 saturated carbocycles. The zero-order valence-corrected chi connectivity index (χ0v) is 30.2. The number of rotatable bonds is 5. The highest BCUT2D eigenvalue weighted by atomic mass is 15.1. The third-order valence-electron chi connectivity index (χ3n) is 11.5. The Morgan fingerprint density at radius 3 is 1.95 bits per heavy atom. The molecule has 0 N–H and O–H groups in total. The molecule has 0 radical (unpaired) electrons. The van der Waals surface area contributed by atoms with Crippen LogP contribution in [-0.4, -0.2) is 9.55 Å². The van der Waals surface area contributed by atoms with Crippen LogP contribution in [0.4, 0.5) is 0 Å². The molecule has 0 amide bonds. The van der Waals surface area contributed by atoms with E-state index in [1.165, 1.54) is 65.7 Å². The number of aromatic nitrogens is 2. The van der Waals surface area contributed by atoms with Crippen LogP contribution < -0.4 is 0 Å². The average molecular weight is 701 g/mol. The molecule has 0 spiro atoms. The SMILES string of the molecule is C1=CC2C=CC(c3c4ccccc4c(-c4ccc5ccccc5c4)c4cc(-c5ccc(-c6nc7ccccc7n6-c6ccccc6)cc5)ccc34)=CC2C=C1. The molecule has 0 saturated heterocycles. The van der Waals surface area contributed by atoms with E-state index in [9.17, 15) is 0 Å². The van der Waals surface area contributed by atoms with Gasteiger partial charge in [0.25, 0.3) is 0 Å². The maximum atomic E-state index is 5.12. The Morgan fingerprint density at radius 2 is 1.09 bits per heavy atom. The Morgan fingerprint density at radius 1 is 0.436 bits per heavy atom. The fraction of sp³-hybridized carbons (Fsp3) is 0.0377. The third-order valence-corrected chi connectivity index (χ3v) is 11.5. The van der Waals surface area contributed by atoms with Crippen LogP contribution in [0.15, 0.2) is 206 Å². The molecule has 0 aliphatic heterocycles. The van der Waals surface area contributed by atoms with Gasteiger partial charge in [0.1, 0.15) is 5.82 Å². The molecule has 2 aliphatic carbocycles.